The second-order valence-electron chi connectivity index (χ2n) is 19.4. The minimum atomic E-state index is -0.549. The minimum absolute atomic E-state index is 0.0346. The average molecular weight is 1170 g/mol. The number of aromatic hydroxyl groups is 3. The molecule has 0 aliphatic carbocycles. The summed E-state index contributed by atoms with van der Waals surface area (Å²) < 4.78 is 11.6. The number of phenolic OH excluding ortho intramolecular Hbond substituents is 3. The Kier molecular flexibility index (Phi) is 23.6. The molecule has 0 bridgehead atoms. The number of terminal acetylenes is 1. The summed E-state index contributed by atoms with van der Waals surface area (Å²) in [7, 11) is 0. The van der Waals surface area contributed by atoms with E-state index in [0.29, 0.717) is 82.4 Å². The van der Waals surface area contributed by atoms with Crippen LogP contribution in [0.5, 0.6) is 17.2 Å². The molecular formula is C56H71IN12O8. The van der Waals surface area contributed by atoms with Gasteiger partial charge in [-0.3, -0.25) is 4.79 Å². The highest BCUT2D eigenvalue weighted by molar-refractivity contribution is 14.1. The lowest BCUT2D eigenvalue weighted by Gasteiger charge is -2.23. The average Bonchev–Trinajstić information content (AvgIpc) is 3.38. The van der Waals surface area contributed by atoms with Crippen molar-refractivity contribution in [2.24, 2.45) is 5.73 Å². The van der Waals surface area contributed by atoms with E-state index >= 15 is 0 Å². The number of hydrogen-bond donors (Lipinski definition) is 9. The van der Waals surface area contributed by atoms with Crippen molar-refractivity contribution in [3.05, 3.63) is 106 Å². The summed E-state index contributed by atoms with van der Waals surface area (Å²) in [5.74, 6) is 5.62. The number of carbonyl (C=O) groups excluding carboxylic acids is 3. The highest BCUT2D eigenvalue weighted by Gasteiger charge is 2.21. The number of nitrogens with zero attached hydrogens (tertiary/aromatic N) is 6. The van der Waals surface area contributed by atoms with Gasteiger partial charge in [-0.25, -0.2) is 39.5 Å². The van der Waals surface area contributed by atoms with Crippen molar-refractivity contribution in [3.63, 3.8) is 0 Å². The Morgan fingerprint density at radius 1 is 0.610 bits per heavy atom. The highest BCUT2D eigenvalue weighted by Crippen LogP contribution is 2.31. The number of phenols is 3. The number of rotatable bonds is 18. The van der Waals surface area contributed by atoms with E-state index in [1.165, 1.54) is 19.1 Å². The number of nitrogens with two attached hydrogens (primary N) is 1. The number of aromatic nitrogens is 6. The van der Waals surface area contributed by atoms with Crippen LogP contribution in [-0.4, -0.2) is 112 Å². The number of hydrogen-bond acceptors (Lipinski definition) is 18. The Bertz CT molecular complexity index is 2960. The molecule has 10 N–H and O–H groups in total. The Labute approximate surface area is 464 Å². The van der Waals surface area contributed by atoms with Crippen LogP contribution in [0, 0.1) is 15.9 Å². The summed E-state index contributed by atoms with van der Waals surface area (Å²) in [6, 6.07) is 19.7. The summed E-state index contributed by atoms with van der Waals surface area (Å²) in [6.45, 7) is 19.9. The quantitative estimate of drug-likeness (QED) is 0.0220. The molecule has 20 nitrogen and oxygen atoms in total. The Balaban J connectivity index is 0.000000251. The van der Waals surface area contributed by atoms with Crippen molar-refractivity contribution >= 4 is 58.0 Å². The van der Waals surface area contributed by atoms with Crippen LogP contribution in [0.25, 0.3) is 34.2 Å². The standard InChI is InChI=1S/C21H26N4O3.C19H25IN4O3.C16H20N4O2/c1-6-14-8-9-17(26)16(12-14)19-22-11-10-18(25-19)23-13-15(7-2)24-20(27)28-21(3,4)5;1-5-13(23-18(26)27-19(2,3)4)11-22-16-8-9-21-17(24-16)14-10-12(20)6-7-15(14)25;1-3-12(17)9-19-15-6-7-18-16(20-15)13-8-11(10(2)21)4-5-14(13)22/h1,8-12,15,26H,7,13H2,2-5H3,(H,24,27)(H,22,23,25);6-10,13,25H,5,11H2,1-4H3,(H,23,26)(H,21,22,24);4-8,12,22H,3,9,17H2,1-2H3,(H,18,19,20)/t15-;13-;12-/m111/s1. The van der Waals surface area contributed by atoms with Gasteiger partial charge in [0.05, 0.1) is 16.7 Å². The van der Waals surface area contributed by atoms with Crippen LogP contribution < -0.4 is 32.3 Å². The molecule has 6 aromatic rings. The lowest BCUT2D eigenvalue weighted by molar-refractivity contribution is 0.0494. The smallest absolute Gasteiger partial charge is 0.407 e. The van der Waals surface area contributed by atoms with E-state index in [9.17, 15) is 29.7 Å². The maximum atomic E-state index is 11.9. The second-order valence-corrected chi connectivity index (χ2v) is 20.7. The van der Waals surface area contributed by atoms with Gasteiger partial charge in [0.2, 0.25) is 0 Å². The molecule has 0 saturated carbocycles. The fourth-order valence-corrected chi connectivity index (χ4v) is 7.06. The maximum absolute atomic E-state index is 11.9. The van der Waals surface area contributed by atoms with E-state index in [4.69, 9.17) is 21.6 Å². The molecule has 3 aromatic heterocycles. The molecule has 0 aliphatic rings. The Hall–Kier alpha value is -7.84. The van der Waals surface area contributed by atoms with Gasteiger partial charge in [-0.05, 0) is 163 Å². The molecule has 0 saturated heterocycles. The van der Waals surface area contributed by atoms with Crippen LogP contribution in [-0.2, 0) is 9.47 Å². The number of halogens is 1. The predicted molar refractivity (Wildman–Crippen MR) is 309 cm³/mol. The summed E-state index contributed by atoms with van der Waals surface area (Å²) in [4.78, 5) is 61.2. The summed E-state index contributed by atoms with van der Waals surface area (Å²) in [6.07, 6.45) is 11.7. The Morgan fingerprint density at radius 3 is 1.42 bits per heavy atom. The number of Topliss-reactive ketones (excluding diaryl/α,β-unsaturated/α-hetero) is 1. The normalized spacial score (nSPS) is 12.1. The van der Waals surface area contributed by atoms with Crippen molar-refractivity contribution in [3.8, 4) is 63.8 Å². The molecule has 21 heteroatoms. The van der Waals surface area contributed by atoms with Crippen LogP contribution in [0.4, 0.5) is 27.0 Å². The summed E-state index contributed by atoms with van der Waals surface area (Å²) in [5, 5.41) is 45.3. The number of alkyl carbamates (subject to hydrolysis) is 2. The molecule has 3 aromatic carbocycles. The molecule has 0 radical (unpaired) electrons. The van der Waals surface area contributed by atoms with Gasteiger partial charge in [0.25, 0.3) is 0 Å². The van der Waals surface area contributed by atoms with Crippen LogP contribution in [0.15, 0.2) is 91.4 Å². The fraction of sp³-hybridized carbons (Fsp3) is 0.375. The molecule has 410 valence electrons. The van der Waals surface area contributed by atoms with Gasteiger partial charge in [0.1, 0.15) is 45.9 Å². The zero-order valence-corrected chi connectivity index (χ0v) is 47.4. The van der Waals surface area contributed by atoms with Gasteiger partial charge in [-0.15, -0.1) is 6.42 Å². The largest absolute Gasteiger partial charge is 0.507 e. The van der Waals surface area contributed by atoms with Crippen molar-refractivity contribution in [2.45, 2.75) is 118 Å². The van der Waals surface area contributed by atoms with Gasteiger partial charge >= 0.3 is 12.2 Å². The molecular weight excluding hydrogens is 1100 g/mol. The number of carbonyl (C=O) groups is 3. The third-order valence-electron chi connectivity index (χ3n) is 10.8. The van der Waals surface area contributed by atoms with E-state index in [2.05, 4.69) is 85.0 Å². The van der Waals surface area contributed by atoms with Gasteiger partial charge in [-0.2, -0.15) is 0 Å². The van der Waals surface area contributed by atoms with E-state index in [0.717, 1.165) is 22.8 Å². The molecule has 0 spiro atoms. The number of ether oxygens (including phenoxy) is 2. The molecule has 0 fully saturated rings. The SMILES string of the molecule is C#Cc1ccc(O)c(-c2nccc(NC[C@@H](CC)NC(=O)OC(C)(C)C)n2)c1.CC[C@@H](N)CNc1ccnc(-c2cc(C(C)=O)ccc2O)n1.CC[C@H](CNc1ccnc(-c2cc(I)ccc2O)n1)NC(=O)OC(C)(C)C. The molecule has 3 heterocycles. The van der Waals surface area contributed by atoms with Crippen LogP contribution >= 0.6 is 22.6 Å². The molecule has 3 atom stereocenters. The van der Waals surface area contributed by atoms with Crippen molar-refractivity contribution in [1.29, 1.82) is 0 Å². The third-order valence-corrected chi connectivity index (χ3v) is 11.4. The molecule has 0 unspecified atom stereocenters. The zero-order chi connectivity index (χ0) is 56.9. The fourth-order valence-electron chi connectivity index (χ4n) is 6.57. The van der Waals surface area contributed by atoms with Crippen LogP contribution in [0.1, 0.15) is 104 Å². The summed E-state index contributed by atoms with van der Waals surface area (Å²) in [5.41, 5.74) is 7.37. The summed E-state index contributed by atoms with van der Waals surface area (Å²) >= 11 is 2.17. The van der Waals surface area contributed by atoms with Gasteiger partial charge in [-0.1, -0.05) is 26.7 Å². The monoisotopic (exact) mass is 1170 g/mol. The first-order chi connectivity index (χ1) is 36.4. The first kappa shape index (κ1) is 61.7. The minimum Gasteiger partial charge on any atom is -0.507 e. The highest BCUT2D eigenvalue weighted by atomic mass is 127. The number of ketones is 1. The molecule has 77 heavy (non-hydrogen) atoms. The van der Waals surface area contributed by atoms with E-state index in [-0.39, 0.29) is 41.2 Å². The third kappa shape index (κ3) is 21.4. The topological polar surface area (TPSA) is 294 Å². The first-order valence-corrected chi connectivity index (χ1v) is 26.1. The van der Waals surface area contributed by atoms with Crippen LogP contribution in [0.3, 0.4) is 0 Å². The predicted octanol–water partition coefficient (Wildman–Crippen LogP) is 9.92. The van der Waals surface area contributed by atoms with Crippen molar-refractivity contribution in [1.82, 2.24) is 40.5 Å². The van der Waals surface area contributed by atoms with Gasteiger partial charge < -0.3 is 57.1 Å². The number of amides is 2. The number of anilines is 3. The van der Waals surface area contributed by atoms with Crippen molar-refractivity contribution < 1.29 is 39.2 Å². The van der Waals surface area contributed by atoms with Crippen LogP contribution in [0.2, 0.25) is 0 Å². The maximum Gasteiger partial charge on any atom is 0.407 e. The number of benzene rings is 3. The zero-order valence-electron chi connectivity index (χ0n) is 45.2. The molecule has 2 amide bonds. The lowest BCUT2D eigenvalue weighted by Crippen LogP contribution is -2.42. The number of nitrogens with one attached hydrogen (secondary N) is 5. The molecule has 0 aliphatic heterocycles. The molecule has 6 rings (SSSR count). The second kappa shape index (κ2) is 29.5. The van der Waals surface area contributed by atoms with Gasteiger partial charge in [0.15, 0.2) is 23.3 Å². The van der Waals surface area contributed by atoms with Crippen molar-refractivity contribution in [2.75, 3.05) is 35.6 Å². The van der Waals surface area contributed by atoms with E-state index in [1.54, 1.807) is 67.1 Å². The Morgan fingerprint density at radius 2 is 1.01 bits per heavy atom. The lowest BCUT2D eigenvalue weighted by atomic mass is 10.1. The van der Waals surface area contributed by atoms with E-state index < -0.39 is 23.4 Å². The van der Waals surface area contributed by atoms with Gasteiger partial charge in [0, 0.05) is 71.0 Å². The first-order valence-electron chi connectivity index (χ1n) is 25.0. The van der Waals surface area contributed by atoms with E-state index in [1.807, 2.05) is 74.4 Å².